The quantitative estimate of drug-likeness (QED) is 0.396. The summed E-state index contributed by atoms with van der Waals surface area (Å²) in [6.07, 6.45) is 3.89. The zero-order valence-corrected chi connectivity index (χ0v) is 14.3. The van der Waals surface area contributed by atoms with E-state index in [2.05, 4.69) is 81.2 Å². The van der Waals surface area contributed by atoms with Crippen molar-refractivity contribution in [2.24, 2.45) is 0 Å². The Morgan fingerprint density at radius 2 is 2.21 bits per heavy atom. The Kier molecular flexibility index (Phi) is 4.38. The van der Waals surface area contributed by atoms with Crippen molar-refractivity contribution < 1.29 is 0 Å². The normalized spacial score (nSPS) is 11.4. The van der Waals surface area contributed by atoms with Crippen molar-refractivity contribution in [2.45, 2.75) is 0 Å². The van der Waals surface area contributed by atoms with Gasteiger partial charge in [-0.1, -0.05) is 0 Å². The summed E-state index contributed by atoms with van der Waals surface area (Å²) < 4.78 is 3.16. The van der Waals surface area contributed by atoms with Crippen LogP contribution in [0.5, 0.6) is 0 Å². The van der Waals surface area contributed by atoms with Crippen LogP contribution < -0.4 is 0 Å². The number of pyridine rings is 1. The number of aromatic nitrogens is 2. The zero-order chi connectivity index (χ0) is 10.1. The average Bonchev–Trinajstić information content (AvgIpc) is 2.49. The molecular weight excluding hydrogens is 509 g/mol. The van der Waals surface area contributed by atoms with Gasteiger partial charge in [0, 0.05) is 33.8 Å². The van der Waals surface area contributed by atoms with Crippen LogP contribution in [-0.2, 0) is 0 Å². The maximum atomic E-state index is 4.37. The third kappa shape index (κ3) is 2.56. The van der Waals surface area contributed by atoms with Crippen LogP contribution in [-0.4, -0.2) is 8.96 Å². The van der Waals surface area contributed by atoms with Crippen LogP contribution in [0.4, 0.5) is 0 Å². The first kappa shape index (κ1) is 11.9. The van der Waals surface area contributed by atoms with E-state index in [-0.39, 0.29) is 2.41 Å². The molecule has 0 N–H and O–H groups in total. The monoisotopic (exact) mass is 512 g/mol. The van der Waals surface area contributed by atoms with Gasteiger partial charge in [0.15, 0.2) is 5.65 Å². The number of hydrogen-bond donors (Lipinski definition) is 0. The molecule has 0 aromatic carbocycles. The van der Waals surface area contributed by atoms with Crippen LogP contribution in [0.2, 0.25) is 0 Å². The van der Waals surface area contributed by atoms with E-state index in [1.54, 1.807) is 0 Å². The Balaban J connectivity index is 2.52. The van der Waals surface area contributed by atoms with Gasteiger partial charge in [0.1, 0.15) is 2.41 Å². The molecule has 0 aliphatic carbocycles. The summed E-state index contributed by atoms with van der Waals surface area (Å²) in [5, 5.41) is 1.17. The molecule has 2 heterocycles. The van der Waals surface area contributed by atoms with Crippen molar-refractivity contribution in [3.05, 3.63) is 29.0 Å². The van der Waals surface area contributed by atoms with E-state index in [1.807, 2.05) is 23.8 Å². The standard InChI is InChI=1S/C7H4BrI2N2PS/c8-6-1-3-11-7-5(6)2-4-12(7)14-13(9)10/h1-4H. The summed E-state index contributed by atoms with van der Waals surface area (Å²) >= 11 is 10.2. The number of halogens is 3. The van der Waals surface area contributed by atoms with Crippen molar-refractivity contribution in [1.29, 1.82) is 0 Å². The molecule has 2 aromatic rings. The highest BCUT2D eigenvalue weighted by atomic mass is 127. The Bertz CT molecular complexity index is 462. The highest BCUT2D eigenvalue weighted by molar-refractivity contribution is 14.3. The van der Waals surface area contributed by atoms with Gasteiger partial charge in [0.2, 0.25) is 0 Å². The molecular formula is C7H4BrI2N2PS. The Morgan fingerprint density at radius 3 is 2.93 bits per heavy atom. The maximum Gasteiger partial charge on any atom is 0.151 e. The Morgan fingerprint density at radius 1 is 1.43 bits per heavy atom. The fourth-order valence-electron chi connectivity index (χ4n) is 1.11. The fraction of sp³-hybridized carbons (Fsp3) is 0. The van der Waals surface area contributed by atoms with Crippen molar-refractivity contribution in [1.82, 2.24) is 8.96 Å². The molecule has 0 fully saturated rings. The van der Waals surface area contributed by atoms with Gasteiger partial charge in [-0.15, -0.1) is 0 Å². The van der Waals surface area contributed by atoms with Gasteiger partial charge >= 0.3 is 0 Å². The van der Waals surface area contributed by atoms with E-state index in [1.165, 1.54) is 5.39 Å². The van der Waals surface area contributed by atoms with Crippen LogP contribution in [0.3, 0.4) is 0 Å². The molecule has 0 aliphatic heterocycles. The second kappa shape index (κ2) is 5.16. The molecule has 7 heteroatoms. The molecule has 0 amide bonds. The van der Waals surface area contributed by atoms with Crippen molar-refractivity contribution >= 4 is 85.0 Å². The van der Waals surface area contributed by atoms with Gasteiger partial charge in [-0.25, -0.2) is 4.98 Å². The zero-order valence-electron chi connectivity index (χ0n) is 6.69. The Labute approximate surface area is 121 Å². The highest BCUT2D eigenvalue weighted by Crippen LogP contribution is 2.65. The number of hydrogen-bond acceptors (Lipinski definition) is 2. The van der Waals surface area contributed by atoms with E-state index >= 15 is 0 Å². The molecule has 14 heavy (non-hydrogen) atoms. The molecule has 0 radical (unpaired) electrons. The lowest BCUT2D eigenvalue weighted by atomic mass is 10.3. The van der Waals surface area contributed by atoms with Crippen molar-refractivity contribution in [2.75, 3.05) is 0 Å². The van der Waals surface area contributed by atoms with Crippen LogP contribution >= 0.6 is 74.0 Å². The van der Waals surface area contributed by atoms with E-state index in [0.717, 1.165) is 10.1 Å². The van der Waals surface area contributed by atoms with E-state index in [9.17, 15) is 0 Å². The molecule has 0 saturated heterocycles. The van der Waals surface area contributed by atoms with Crippen LogP contribution in [0.1, 0.15) is 0 Å². The van der Waals surface area contributed by atoms with Crippen molar-refractivity contribution in [3.63, 3.8) is 0 Å². The summed E-state index contributed by atoms with van der Waals surface area (Å²) in [4.78, 5) is 4.37. The van der Waals surface area contributed by atoms with Crippen LogP contribution in [0, 0.1) is 0 Å². The minimum Gasteiger partial charge on any atom is -0.270 e. The largest absolute Gasteiger partial charge is 0.270 e. The van der Waals surface area contributed by atoms with Gasteiger partial charge in [0.25, 0.3) is 0 Å². The summed E-state index contributed by atoms with van der Waals surface area (Å²) in [5.74, 6) is 0. The first-order chi connectivity index (χ1) is 6.68. The number of nitrogens with zero attached hydrogens (tertiary/aromatic N) is 2. The topological polar surface area (TPSA) is 17.8 Å². The minimum absolute atomic E-state index is 0.0695. The minimum atomic E-state index is -0.0695. The van der Waals surface area contributed by atoms with Crippen LogP contribution in [0.15, 0.2) is 29.0 Å². The third-order valence-electron chi connectivity index (χ3n) is 1.65. The third-order valence-corrected chi connectivity index (χ3v) is 7.01. The van der Waals surface area contributed by atoms with E-state index < -0.39 is 0 Å². The molecule has 2 aromatic heterocycles. The molecule has 74 valence electrons. The lowest BCUT2D eigenvalue weighted by Crippen LogP contribution is -1.83. The SMILES string of the molecule is Brc1ccnc2c1ccn2SP(I)I. The molecule has 0 aliphatic rings. The predicted octanol–water partition coefficient (Wildman–Crippen LogP) is 5.39. The van der Waals surface area contributed by atoms with Gasteiger partial charge in [-0.05, 0) is 72.1 Å². The lowest BCUT2D eigenvalue weighted by molar-refractivity contribution is 1.26. The number of rotatable bonds is 2. The van der Waals surface area contributed by atoms with Gasteiger partial charge in [-0.3, -0.25) is 3.97 Å². The smallest absolute Gasteiger partial charge is 0.151 e. The van der Waals surface area contributed by atoms with Crippen LogP contribution in [0.25, 0.3) is 11.0 Å². The average molecular weight is 513 g/mol. The summed E-state index contributed by atoms with van der Waals surface area (Å²) in [6, 6.07) is 4.06. The maximum absolute atomic E-state index is 4.37. The van der Waals surface area contributed by atoms with E-state index in [4.69, 9.17) is 0 Å². The summed E-state index contributed by atoms with van der Waals surface area (Å²) in [5.41, 5.74) is 1.03. The van der Waals surface area contributed by atoms with Gasteiger partial charge < -0.3 is 0 Å². The fourth-order valence-corrected chi connectivity index (χ4v) is 6.22. The molecule has 0 unspecified atom stereocenters. The van der Waals surface area contributed by atoms with Gasteiger partial charge in [0.05, 0.1) is 0 Å². The number of fused-ring (bicyclic) bond motifs is 1. The van der Waals surface area contributed by atoms with E-state index in [0.29, 0.717) is 0 Å². The molecule has 2 nitrogen and oxygen atoms in total. The Hall–Kier alpha value is 1.41. The lowest BCUT2D eigenvalue weighted by Gasteiger charge is -2.03. The molecule has 2 rings (SSSR count). The van der Waals surface area contributed by atoms with Crippen molar-refractivity contribution in [3.8, 4) is 0 Å². The molecule has 0 bridgehead atoms. The second-order valence-electron chi connectivity index (χ2n) is 2.46. The first-order valence-corrected chi connectivity index (χ1v) is 12.7. The van der Waals surface area contributed by atoms with Gasteiger partial charge in [-0.2, -0.15) is 0 Å². The summed E-state index contributed by atoms with van der Waals surface area (Å²) in [6.45, 7) is 0. The summed E-state index contributed by atoms with van der Waals surface area (Å²) in [7, 11) is 0. The molecule has 0 saturated carbocycles. The molecule has 0 atom stereocenters. The predicted molar refractivity (Wildman–Crippen MR) is 85.4 cm³/mol. The molecule has 0 spiro atoms. The first-order valence-electron chi connectivity index (χ1n) is 3.60. The highest BCUT2D eigenvalue weighted by Gasteiger charge is 2.08. The second-order valence-corrected chi connectivity index (χ2v) is 21.1.